The highest BCUT2D eigenvalue weighted by atomic mass is 16.4. The number of nitrogens with one attached hydrogen (secondary N) is 1. The second kappa shape index (κ2) is 11.1. The molecule has 0 aromatic heterocycles. The maximum Gasteiger partial charge on any atom is 0.216 e. The van der Waals surface area contributed by atoms with E-state index in [1.165, 1.54) is 26.2 Å². The van der Waals surface area contributed by atoms with Gasteiger partial charge in [0.05, 0.1) is 0 Å². The molecule has 4 heteroatoms. The summed E-state index contributed by atoms with van der Waals surface area (Å²) in [5, 5.41) is 13.6. The van der Waals surface area contributed by atoms with Crippen molar-refractivity contribution in [1.29, 1.82) is 0 Å². The van der Waals surface area contributed by atoms with Crippen molar-refractivity contribution >= 4 is 11.9 Å². The van der Waals surface area contributed by atoms with Gasteiger partial charge < -0.3 is 15.2 Å². The van der Waals surface area contributed by atoms with Crippen molar-refractivity contribution < 1.29 is 14.7 Å². The summed E-state index contributed by atoms with van der Waals surface area (Å²) in [6, 6.07) is 0. The van der Waals surface area contributed by atoms with E-state index < -0.39 is 5.97 Å². The Bertz CT molecular complexity index is 241. The van der Waals surface area contributed by atoms with Gasteiger partial charge in [-0.2, -0.15) is 0 Å². The van der Waals surface area contributed by atoms with Crippen LogP contribution in [-0.2, 0) is 9.59 Å². The molecule has 0 aliphatic carbocycles. The van der Waals surface area contributed by atoms with Gasteiger partial charge in [-0.05, 0) is 25.2 Å². The van der Waals surface area contributed by atoms with E-state index in [0.29, 0.717) is 25.8 Å². The van der Waals surface area contributed by atoms with E-state index in [1.54, 1.807) is 0 Å². The molecule has 1 unspecified atom stereocenters. The van der Waals surface area contributed by atoms with Crippen LogP contribution in [-0.4, -0.2) is 18.4 Å². The highest BCUT2D eigenvalue weighted by Crippen LogP contribution is 2.15. The first kappa shape index (κ1) is 16.9. The molecule has 0 rings (SSSR count). The van der Waals surface area contributed by atoms with Gasteiger partial charge in [0.1, 0.15) is 0 Å². The molecular weight excluding hydrogens is 230 g/mol. The van der Waals surface area contributed by atoms with Gasteiger partial charge >= 0.3 is 0 Å². The summed E-state index contributed by atoms with van der Waals surface area (Å²) in [5.74, 6) is -1.38. The van der Waals surface area contributed by atoms with Crippen molar-refractivity contribution in [3.63, 3.8) is 0 Å². The molecule has 1 N–H and O–H groups in total. The molecule has 0 aliphatic heterocycles. The minimum atomic E-state index is -0.951. The van der Waals surface area contributed by atoms with Gasteiger partial charge in [-0.1, -0.05) is 39.0 Å². The molecule has 0 fully saturated rings. The van der Waals surface area contributed by atoms with E-state index in [4.69, 9.17) is 0 Å². The number of hydrogen-bond acceptors (Lipinski definition) is 3. The van der Waals surface area contributed by atoms with E-state index in [-0.39, 0.29) is 11.8 Å². The first-order valence-corrected chi connectivity index (χ1v) is 7.03. The predicted molar refractivity (Wildman–Crippen MR) is 69.8 cm³/mol. The fraction of sp³-hybridized carbons (Fsp3) is 0.857. The van der Waals surface area contributed by atoms with E-state index in [2.05, 4.69) is 12.2 Å². The quantitative estimate of drug-likeness (QED) is 0.571. The van der Waals surface area contributed by atoms with Crippen LogP contribution in [0.2, 0.25) is 0 Å². The van der Waals surface area contributed by atoms with Gasteiger partial charge in [0.25, 0.3) is 0 Å². The van der Waals surface area contributed by atoms with Crippen LogP contribution in [0, 0.1) is 5.92 Å². The topological polar surface area (TPSA) is 69.2 Å². The van der Waals surface area contributed by atoms with Crippen LogP contribution in [0.5, 0.6) is 0 Å². The Morgan fingerprint density at radius 3 is 2.22 bits per heavy atom. The number of hydrogen-bond donors (Lipinski definition) is 1. The average molecular weight is 256 g/mol. The summed E-state index contributed by atoms with van der Waals surface area (Å²) in [6.45, 7) is 4.17. The van der Waals surface area contributed by atoms with Crippen LogP contribution in [0.3, 0.4) is 0 Å². The molecule has 1 atom stereocenters. The normalized spacial score (nSPS) is 12.1. The van der Waals surface area contributed by atoms with Crippen LogP contribution >= 0.6 is 0 Å². The zero-order valence-electron chi connectivity index (χ0n) is 11.7. The molecule has 0 saturated heterocycles. The van der Waals surface area contributed by atoms with Gasteiger partial charge in [-0.25, -0.2) is 0 Å². The Balaban J connectivity index is 3.65. The molecule has 0 heterocycles. The third-order valence-electron chi connectivity index (χ3n) is 3.09. The maximum absolute atomic E-state index is 10.9. The first-order valence-electron chi connectivity index (χ1n) is 7.03. The Hall–Kier alpha value is -1.06. The predicted octanol–water partition coefficient (Wildman–Crippen LogP) is 1.63. The highest BCUT2D eigenvalue weighted by molar-refractivity contribution is 5.72. The highest BCUT2D eigenvalue weighted by Gasteiger charge is 2.09. The van der Waals surface area contributed by atoms with E-state index in [1.807, 2.05) is 0 Å². The summed E-state index contributed by atoms with van der Waals surface area (Å²) in [4.78, 5) is 21.6. The third kappa shape index (κ3) is 10.1. The molecule has 4 nitrogen and oxygen atoms in total. The van der Waals surface area contributed by atoms with Crippen LogP contribution in [0.25, 0.3) is 0 Å². The lowest BCUT2D eigenvalue weighted by atomic mass is 9.96. The number of aliphatic carboxylic acids is 1. The second-order valence-corrected chi connectivity index (χ2v) is 4.84. The Labute approximate surface area is 110 Å². The van der Waals surface area contributed by atoms with E-state index >= 15 is 0 Å². The first-order chi connectivity index (χ1) is 8.57. The summed E-state index contributed by atoms with van der Waals surface area (Å²) in [7, 11) is 0. The summed E-state index contributed by atoms with van der Waals surface area (Å²) in [6.07, 6.45) is 7.65. The SMILES string of the molecule is CCCCCCCC(CCCNC(C)=O)C(=O)[O-]. The monoisotopic (exact) mass is 256 g/mol. The minimum Gasteiger partial charge on any atom is -0.550 e. The molecule has 0 aromatic carbocycles. The number of rotatable bonds is 11. The molecule has 0 spiro atoms. The Kier molecular flexibility index (Phi) is 10.4. The molecule has 0 bridgehead atoms. The van der Waals surface area contributed by atoms with Crippen molar-refractivity contribution in [3.05, 3.63) is 0 Å². The number of amides is 1. The number of unbranched alkanes of at least 4 members (excludes halogenated alkanes) is 4. The molecule has 0 saturated carbocycles. The van der Waals surface area contributed by atoms with Gasteiger partial charge in [0.15, 0.2) is 0 Å². The molecule has 0 aromatic rings. The van der Waals surface area contributed by atoms with Crippen molar-refractivity contribution in [3.8, 4) is 0 Å². The zero-order chi connectivity index (χ0) is 13.8. The van der Waals surface area contributed by atoms with Crippen LogP contribution in [0.15, 0.2) is 0 Å². The zero-order valence-corrected chi connectivity index (χ0v) is 11.7. The fourth-order valence-corrected chi connectivity index (χ4v) is 1.99. The molecule has 18 heavy (non-hydrogen) atoms. The van der Waals surface area contributed by atoms with E-state index in [0.717, 1.165) is 12.8 Å². The number of carbonyl (C=O) groups is 2. The molecule has 106 valence electrons. The van der Waals surface area contributed by atoms with Crippen LogP contribution in [0.4, 0.5) is 0 Å². The fourth-order valence-electron chi connectivity index (χ4n) is 1.99. The van der Waals surface area contributed by atoms with Crippen LogP contribution < -0.4 is 10.4 Å². The summed E-state index contributed by atoms with van der Waals surface area (Å²) in [5.41, 5.74) is 0. The lowest BCUT2D eigenvalue weighted by Crippen LogP contribution is -2.32. The lowest BCUT2D eigenvalue weighted by Gasteiger charge is -2.17. The molecular formula is C14H26NO3-. The minimum absolute atomic E-state index is 0.0698. The Morgan fingerprint density at radius 2 is 1.67 bits per heavy atom. The van der Waals surface area contributed by atoms with Gasteiger partial charge in [0.2, 0.25) is 5.91 Å². The molecule has 0 aliphatic rings. The largest absolute Gasteiger partial charge is 0.550 e. The molecule has 1 amide bonds. The number of carbonyl (C=O) groups excluding carboxylic acids is 2. The maximum atomic E-state index is 10.9. The third-order valence-corrected chi connectivity index (χ3v) is 3.09. The summed E-state index contributed by atoms with van der Waals surface area (Å²) < 4.78 is 0. The van der Waals surface area contributed by atoms with Crippen molar-refractivity contribution in [2.24, 2.45) is 5.92 Å². The lowest BCUT2D eigenvalue weighted by molar-refractivity contribution is -0.312. The molecule has 0 radical (unpaired) electrons. The van der Waals surface area contributed by atoms with Crippen LogP contribution in [0.1, 0.15) is 65.2 Å². The average Bonchev–Trinajstić information content (AvgIpc) is 2.30. The van der Waals surface area contributed by atoms with Gasteiger partial charge in [-0.15, -0.1) is 0 Å². The smallest absolute Gasteiger partial charge is 0.216 e. The standard InChI is InChI=1S/C14H27NO3/c1-3-4-5-6-7-9-13(14(17)18)10-8-11-15-12(2)16/h13H,3-11H2,1-2H3,(H,15,16)(H,17,18)/p-1. The van der Waals surface area contributed by atoms with Crippen molar-refractivity contribution in [1.82, 2.24) is 5.32 Å². The van der Waals surface area contributed by atoms with E-state index in [9.17, 15) is 14.7 Å². The number of carboxylic acids is 1. The summed E-state index contributed by atoms with van der Waals surface area (Å²) >= 11 is 0. The van der Waals surface area contributed by atoms with Gasteiger partial charge in [-0.3, -0.25) is 4.79 Å². The number of carboxylic acid groups (broad SMARTS) is 1. The van der Waals surface area contributed by atoms with Crippen molar-refractivity contribution in [2.45, 2.75) is 65.2 Å². The van der Waals surface area contributed by atoms with Crippen molar-refractivity contribution in [2.75, 3.05) is 6.54 Å². The Morgan fingerprint density at radius 1 is 1.06 bits per heavy atom. The van der Waals surface area contributed by atoms with Gasteiger partial charge in [0, 0.05) is 19.4 Å². The second-order valence-electron chi connectivity index (χ2n) is 4.84.